The first-order valence-electron chi connectivity index (χ1n) is 6.17. The minimum atomic E-state index is -0.808. The van der Waals surface area contributed by atoms with E-state index in [0.717, 1.165) is 18.8 Å². The Bertz CT molecular complexity index is 640. The van der Waals surface area contributed by atoms with Gasteiger partial charge in [-0.15, -0.1) is 0 Å². The first-order chi connectivity index (χ1) is 9.10. The fraction of sp³-hybridized carbons (Fsp3) is 0.286. The van der Waals surface area contributed by atoms with Crippen LogP contribution >= 0.6 is 0 Å². The highest BCUT2D eigenvalue weighted by Gasteiger charge is 2.21. The monoisotopic (exact) mass is 260 g/mol. The molecule has 0 saturated carbocycles. The number of likely N-dealkylation sites (N-methyl/N-ethyl adjacent to an activating group) is 1. The largest absolute Gasteiger partial charge is 0.503 e. The summed E-state index contributed by atoms with van der Waals surface area (Å²) in [6, 6.07) is 7.16. The molecule has 0 radical (unpaired) electrons. The van der Waals surface area contributed by atoms with Crippen molar-refractivity contribution < 1.29 is 5.11 Å². The Hall–Kier alpha value is -2.14. The van der Waals surface area contributed by atoms with Crippen LogP contribution in [0.2, 0.25) is 0 Å². The van der Waals surface area contributed by atoms with Crippen molar-refractivity contribution in [2.75, 3.05) is 24.5 Å². The quantitative estimate of drug-likeness (QED) is 0.762. The summed E-state index contributed by atoms with van der Waals surface area (Å²) in [6.07, 6.45) is 0. The van der Waals surface area contributed by atoms with Gasteiger partial charge >= 0.3 is 0 Å². The van der Waals surface area contributed by atoms with Gasteiger partial charge in [-0.05, 0) is 24.6 Å². The maximum Gasteiger partial charge on any atom is 0.268 e. The zero-order valence-corrected chi connectivity index (χ0v) is 10.7. The lowest BCUT2D eigenvalue weighted by atomic mass is 10.00. The van der Waals surface area contributed by atoms with Crippen molar-refractivity contribution in [1.82, 2.24) is 0 Å². The fourth-order valence-corrected chi connectivity index (χ4v) is 2.11. The number of nitrogens with zero attached hydrogens (tertiary/aromatic N) is 1. The van der Waals surface area contributed by atoms with Gasteiger partial charge in [0.1, 0.15) is 0 Å². The summed E-state index contributed by atoms with van der Waals surface area (Å²) in [5.74, 6) is -0.438. The van der Waals surface area contributed by atoms with E-state index in [-0.39, 0.29) is 5.56 Å². The molecule has 0 aromatic heterocycles. The maximum atomic E-state index is 11.4. The van der Waals surface area contributed by atoms with Gasteiger partial charge in [-0.25, -0.2) is 0 Å². The van der Waals surface area contributed by atoms with Gasteiger partial charge in [-0.2, -0.15) is 0 Å². The Morgan fingerprint density at radius 3 is 2.26 bits per heavy atom. The third-order valence-electron chi connectivity index (χ3n) is 3.19. The van der Waals surface area contributed by atoms with Gasteiger partial charge in [0.25, 0.3) is 5.43 Å². The molecule has 0 aliphatic heterocycles. The minimum absolute atomic E-state index is 0.110. The summed E-state index contributed by atoms with van der Waals surface area (Å²) in [4.78, 5) is 24.4. The summed E-state index contributed by atoms with van der Waals surface area (Å²) >= 11 is 0. The Balaban J connectivity index is 2.29. The van der Waals surface area contributed by atoms with Gasteiger partial charge in [-0.1, -0.05) is 12.1 Å². The van der Waals surface area contributed by atoms with Crippen molar-refractivity contribution in [3.05, 3.63) is 44.7 Å². The van der Waals surface area contributed by atoms with Crippen LogP contribution in [0.5, 0.6) is 5.75 Å². The summed E-state index contributed by atoms with van der Waals surface area (Å²) in [6.45, 7) is 4.18. The van der Waals surface area contributed by atoms with Crippen molar-refractivity contribution in [3.63, 3.8) is 0 Å². The Kier molecular flexibility index (Phi) is 3.66. The first kappa shape index (κ1) is 13.3. The predicted molar refractivity (Wildman–Crippen MR) is 75.4 cm³/mol. The Morgan fingerprint density at radius 2 is 1.79 bits per heavy atom. The molecule has 5 heteroatoms. The number of benzene rings is 1. The lowest BCUT2D eigenvalue weighted by Gasteiger charge is -2.22. The molecule has 0 aliphatic carbocycles. The highest BCUT2D eigenvalue weighted by molar-refractivity contribution is 5.74. The molecule has 2 aromatic rings. The average Bonchev–Trinajstić information content (AvgIpc) is 2.45. The molecule has 0 amide bonds. The summed E-state index contributed by atoms with van der Waals surface area (Å²) in [7, 11) is 0. The van der Waals surface area contributed by atoms with Crippen molar-refractivity contribution >= 4 is 5.69 Å². The second kappa shape index (κ2) is 5.24. The molecular formula is C14H16N2O3. The van der Waals surface area contributed by atoms with E-state index in [9.17, 15) is 14.7 Å². The van der Waals surface area contributed by atoms with E-state index in [0.29, 0.717) is 12.1 Å². The zero-order chi connectivity index (χ0) is 14.0. The van der Waals surface area contributed by atoms with E-state index in [4.69, 9.17) is 5.73 Å². The van der Waals surface area contributed by atoms with E-state index in [1.807, 2.05) is 19.1 Å². The minimum Gasteiger partial charge on any atom is -0.503 e. The number of hydrogen-bond acceptors (Lipinski definition) is 5. The molecule has 0 atom stereocenters. The third-order valence-corrected chi connectivity index (χ3v) is 3.19. The van der Waals surface area contributed by atoms with Crippen molar-refractivity contribution in [2.45, 2.75) is 6.92 Å². The van der Waals surface area contributed by atoms with Crippen LogP contribution in [0.3, 0.4) is 0 Å². The number of rotatable bonds is 5. The van der Waals surface area contributed by atoms with Crippen LogP contribution in [-0.4, -0.2) is 24.7 Å². The van der Waals surface area contributed by atoms with E-state index in [1.54, 1.807) is 12.1 Å². The topological polar surface area (TPSA) is 83.6 Å². The van der Waals surface area contributed by atoms with Gasteiger partial charge in [0.05, 0.1) is 5.56 Å². The van der Waals surface area contributed by atoms with Crippen LogP contribution in [0.15, 0.2) is 33.9 Å². The van der Waals surface area contributed by atoms with Crippen LogP contribution in [0, 0.1) is 0 Å². The van der Waals surface area contributed by atoms with E-state index >= 15 is 0 Å². The normalized spacial score (nSPS) is 10.8. The molecule has 19 heavy (non-hydrogen) atoms. The molecule has 0 fully saturated rings. The predicted octanol–water partition coefficient (Wildman–Crippen LogP) is 0.440. The van der Waals surface area contributed by atoms with E-state index in [1.165, 1.54) is 0 Å². The van der Waals surface area contributed by atoms with Crippen LogP contribution in [0.25, 0.3) is 11.1 Å². The molecule has 0 unspecified atom stereocenters. The smallest absolute Gasteiger partial charge is 0.268 e. The highest BCUT2D eigenvalue weighted by atomic mass is 16.3. The molecular weight excluding hydrogens is 244 g/mol. The second-order valence-electron chi connectivity index (χ2n) is 4.30. The van der Waals surface area contributed by atoms with Gasteiger partial charge in [-0.3, -0.25) is 9.59 Å². The third kappa shape index (κ3) is 2.24. The standard InChI is InChI=1S/C14H16N2O3/c1-2-16(8-7-15)10-5-3-9(4-6-10)11-12(17)14(19)13(11)18/h3-6,17H,2,7-8,15H2,1H3. The van der Waals surface area contributed by atoms with E-state index < -0.39 is 16.6 Å². The van der Waals surface area contributed by atoms with Crippen LogP contribution < -0.4 is 21.5 Å². The molecule has 0 bridgehead atoms. The number of nitrogens with two attached hydrogens (primary N) is 1. The fourth-order valence-electron chi connectivity index (χ4n) is 2.11. The van der Waals surface area contributed by atoms with Gasteiger partial charge in [0, 0.05) is 25.3 Å². The number of aromatic hydroxyl groups is 1. The van der Waals surface area contributed by atoms with Gasteiger partial charge < -0.3 is 15.7 Å². The van der Waals surface area contributed by atoms with E-state index in [2.05, 4.69) is 4.90 Å². The Labute approximate surface area is 110 Å². The lowest BCUT2D eigenvalue weighted by molar-refractivity contribution is 0.465. The second-order valence-corrected chi connectivity index (χ2v) is 4.30. The molecule has 3 N–H and O–H groups in total. The molecule has 2 aromatic carbocycles. The summed E-state index contributed by atoms with van der Waals surface area (Å²) in [5.41, 5.74) is 5.77. The highest BCUT2D eigenvalue weighted by Crippen LogP contribution is 2.26. The molecule has 5 nitrogen and oxygen atoms in total. The molecule has 0 heterocycles. The molecule has 0 aliphatic rings. The van der Waals surface area contributed by atoms with Crippen molar-refractivity contribution in [3.8, 4) is 16.9 Å². The van der Waals surface area contributed by atoms with Crippen LogP contribution in [0.4, 0.5) is 5.69 Å². The summed E-state index contributed by atoms with van der Waals surface area (Å²) in [5, 5.41) is 9.39. The molecule has 0 saturated heterocycles. The Morgan fingerprint density at radius 1 is 1.16 bits per heavy atom. The number of anilines is 1. The van der Waals surface area contributed by atoms with Crippen molar-refractivity contribution in [1.29, 1.82) is 0 Å². The number of hydrogen-bond donors (Lipinski definition) is 2. The van der Waals surface area contributed by atoms with Crippen LogP contribution in [0.1, 0.15) is 6.92 Å². The van der Waals surface area contributed by atoms with Crippen molar-refractivity contribution in [2.24, 2.45) is 5.73 Å². The average molecular weight is 260 g/mol. The van der Waals surface area contributed by atoms with Gasteiger partial charge in [0.15, 0.2) is 5.75 Å². The lowest BCUT2D eigenvalue weighted by Crippen LogP contribution is -2.32. The van der Waals surface area contributed by atoms with Crippen LogP contribution in [-0.2, 0) is 0 Å². The molecule has 0 spiro atoms. The SMILES string of the molecule is CCN(CCN)c1ccc(-c2c(O)c(=O)c2=O)cc1. The van der Waals surface area contributed by atoms with Gasteiger partial charge in [0.2, 0.25) is 5.43 Å². The molecule has 2 rings (SSSR count). The maximum absolute atomic E-state index is 11.4. The zero-order valence-electron chi connectivity index (χ0n) is 10.7. The summed E-state index contributed by atoms with van der Waals surface area (Å²) < 4.78 is 0. The molecule has 100 valence electrons. The first-order valence-corrected chi connectivity index (χ1v) is 6.17.